The summed E-state index contributed by atoms with van der Waals surface area (Å²) in [5.41, 5.74) is 1.51. The van der Waals surface area contributed by atoms with Crippen LogP contribution in [0, 0.1) is 12.3 Å². The molecule has 18 heavy (non-hydrogen) atoms. The summed E-state index contributed by atoms with van der Waals surface area (Å²) in [5, 5.41) is 6.83. The third kappa shape index (κ3) is 2.52. The summed E-state index contributed by atoms with van der Waals surface area (Å²) in [6, 6.07) is 5.66. The molecule has 1 aliphatic heterocycles. The van der Waals surface area contributed by atoms with Gasteiger partial charge in [0.2, 0.25) is 5.91 Å². The molecule has 0 bridgehead atoms. The number of carbonyl (C=O) groups excluding carboxylic acids is 1. The van der Waals surface area contributed by atoms with Crippen molar-refractivity contribution < 1.29 is 4.79 Å². The van der Waals surface area contributed by atoms with Gasteiger partial charge < -0.3 is 10.6 Å². The van der Waals surface area contributed by atoms with Crippen LogP contribution < -0.4 is 10.6 Å². The Hall–Kier alpha value is -1.06. The normalized spacial score (nSPS) is 23.1. The van der Waals surface area contributed by atoms with Crippen molar-refractivity contribution in [1.29, 1.82) is 0 Å². The minimum Gasteiger partial charge on any atom is -0.324 e. The fourth-order valence-electron chi connectivity index (χ4n) is 2.39. The van der Waals surface area contributed by atoms with Crippen molar-refractivity contribution in [3.05, 3.63) is 28.8 Å². The number of nitrogens with one attached hydrogen (secondary N) is 2. The van der Waals surface area contributed by atoms with E-state index in [0.717, 1.165) is 31.5 Å². The lowest BCUT2D eigenvalue weighted by Gasteiger charge is -2.25. The molecular weight excluding hydrogens is 248 g/mol. The van der Waals surface area contributed by atoms with Crippen molar-refractivity contribution in [3.8, 4) is 0 Å². The Kier molecular flexibility index (Phi) is 3.93. The molecule has 1 fully saturated rings. The van der Waals surface area contributed by atoms with Gasteiger partial charge in [0.05, 0.1) is 16.1 Å². The molecule has 0 spiro atoms. The summed E-state index contributed by atoms with van der Waals surface area (Å²) >= 11 is 6.11. The maximum Gasteiger partial charge on any atom is 0.231 e. The smallest absolute Gasteiger partial charge is 0.231 e. The van der Waals surface area contributed by atoms with Gasteiger partial charge in [-0.25, -0.2) is 0 Å². The predicted molar refractivity (Wildman–Crippen MR) is 75.0 cm³/mol. The van der Waals surface area contributed by atoms with Crippen molar-refractivity contribution in [2.24, 2.45) is 5.41 Å². The number of benzene rings is 1. The Bertz CT molecular complexity index is 453. The second kappa shape index (κ2) is 5.29. The van der Waals surface area contributed by atoms with Gasteiger partial charge in [0.15, 0.2) is 0 Å². The van der Waals surface area contributed by atoms with Crippen LogP contribution >= 0.6 is 11.6 Å². The van der Waals surface area contributed by atoms with Gasteiger partial charge >= 0.3 is 0 Å². The minimum absolute atomic E-state index is 0.0718. The van der Waals surface area contributed by atoms with Crippen LogP contribution in [0.1, 0.15) is 25.3 Å². The molecule has 2 rings (SSSR count). The van der Waals surface area contributed by atoms with Crippen LogP contribution in [0.25, 0.3) is 0 Å². The highest BCUT2D eigenvalue weighted by atomic mass is 35.5. The number of halogens is 1. The van der Waals surface area contributed by atoms with Crippen LogP contribution in [0.5, 0.6) is 0 Å². The molecule has 1 aromatic carbocycles. The zero-order chi connectivity index (χ0) is 13.2. The third-order valence-corrected chi connectivity index (χ3v) is 4.10. The molecule has 1 atom stereocenters. The standard InChI is InChI=1S/C14H19ClN2O/c1-3-14(6-7-16-9-14)13(18)17-12-8-10(2)4-5-11(12)15/h4-5,8,16H,3,6-7,9H2,1-2H3,(H,17,18). The predicted octanol–water partition coefficient (Wildman–Crippen LogP) is 2.98. The van der Waals surface area contributed by atoms with Crippen LogP contribution in [0.3, 0.4) is 0 Å². The highest BCUT2D eigenvalue weighted by molar-refractivity contribution is 6.33. The highest BCUT2D eigenvalue weighted by Gasteiger charge is 2.39. The lowest BCUT2D eigenvalue weighted by molar-refractivity contribution is -0.124. The Morgan fingerprint density at radius 1 is 1.56 bits per heavy atom. The molecule has 4 heteroatoms. The van der Waals surface area contributed by atoms with E-state index in [9.17, 15) is 4.79 Å². The molecular formula is C14H19ClN2O. The Morgan fingerprint density at radius 3 is 2.94 bits per heavy atom. The first-order valence-electron chi connectivity index (χ1n) is 6.36. The molecule has 3 nitrogen and oxygen atoms in total. The highest BCUT2D eigenvalue weighted by Crippen LogP contribution is 2.32. The first-order chi connectivity index (χ1) is 8.57. The Balaban J connectivity index is 2.18. The first-order valence-corrected chi connectivity index (χ1v) is 6.73. The van der Waals surface area contributed by atoms with Crippen molar-refractivity contribution in [3.63, 3.8) is 0 Å². The van der Waals surface area contributed by atoms with Gasteiger partial charge in [0.1, 0.15) is 0 Å². The van der Waals surface area contributed by atoms with Gasteiger partial charge in [-0.1, -0.05) is 24.6 Å². The van der Waals surface area contributed by atoms with Gasteiger partial charge in [0.25, 0.3) is 0 Å². The van der Waals surface area contributed by atoms with Crippen molar-refractivity contribution >= 4 is 23.2 Å². The lowest BCUT2D eigenvalue weighted by atomic mass is 9.83. The van der Waals surface area contributed by atoms with Crippen molar-refractivity contribution in [2.45, 2.75) is 26.7 Å². The average molecular weight is 267 g/mol. The quantitative estimate of drug-likeness (QED) is 0.883. The Morgan fingerprint density at radius 2 is 2.33 bits per heavy atom. The van der Waals surface area contributed by atoms with Crippen LogP contribution in [0.2, 0.25) is 5.02 Å². The van der Waals surface area contributed by atoms with Crippen LogP contribution in [0.15, 0.2) is 18.2 Å². The second-order valence-corrected chi connectivity index (χ2v) is 5.41. The van der Waals surface area contributed by atoms with Gasteiger partial charge in [-0.05, 0) is 44.0 Å². The second-order valence-electron chi connectivity index (χ2n) is 5.00. The maximum atomic E-state index is 12.4. The molecule has 0 saturated carbocycles. The summed E-state index contributed by atoms with van der Waals surface area (Å²) in [5.74, 6) is 0.0718. The monoisotopic (exact) mass is 266 g/mol. The molecule has 98 valence electrons. The number of carbonyl (C=O) groups is 1. The zero-order valence-electron chi connectivity index (χ0n) is 10.8. The van der Waals surface area contributed by atoms with E-state index < -0.39 is 0 Å². The molecule has 1 heterocycles. The van der Waals surface area contributed by atoms with Crippen molar-refractivity contribution in [2.75, 3.05) is 18.4 Å². The van der Waals surface area contributed by atoms with E-state index in [1.54, 1.807) is 0 Å². The fourth-order valence-corrected chi connectivity index (χ4v) is 2.55. The summed E-state index contributed by atoms with van der Waals surface area (Å²) in [7, 11) is 0. The van der Waals surface area contributed by atoms with E-state index >= 15 is 0 Å². The molecule has 1 aliphatic rings. The van der Waals surface area contributed by atoms with Crippen molar-refractivity contribution in [1.82, 2.24) is 5.32 Å². The Labute approximate surface area is 113 Å². The maximum absolute atomic E-state index is 12.4. The number of aryl methyl sites for hydroxylation is 1. The lowest BCUT2D eigenvalue weighted by Crippen LogP contribution is -2.37. The third-order valence-electron chi connectivity index (χ3n) is 3.77. The molecule has 1 unspecified atom stereocenters. The molecule has 1 amide bonds. The van der Waals surface area contributed by atoms with E-state index in [4.69, 9.17) is 11.6 Å². The van der Waals surface area contributed by atoms with E-state index in [2.05, 4.69) is 17.6 Å². The largest absolute Gasteiger partial charge is 0.324 e. The molecule has 0 aromatic heterocycles. The van der Waals surface area contributed by atoms with Gasteiger partial charge in [0, 0.05) is 6.54 Å². The number of hydrogen-bond acceptors (Lipinski definition) is 2. The molecule has 0 aliphatic carbocycles. The van der Waals surface area contributed by atoms with E-state index in [-0.39, 0.29) is 11.3 Å². The molecule has 1 aromatic rings. The van der Waals surface area contributed by atoms with Crippen LogP contribution in [-0.4, -0.2) is 19.0 Å². The number of rotatable bonds is 3. The van der Waals surface area contributed by atoms with Crippen LogP contribution in [-0.2, 0) is 4.79 Å². The molecule has 2 N–H and O–H groups in total. The minimum atomic E-state index is -0.285. The molecule has 1 saturated heterocycles. The van der Waals surface area contributed by atoms with Gasteiger partial charge in [-0.2, -0.15) is 0 Å². The van der Waals surface area contributed by atoms with Gasteiger partial charge in [-0.15, -0.1) is 0 Å². The first kappa shape index (κ1) is 13.4. The van der Waals surface area contributed by atoms with E-state index in [0.29, 0.717) is 10.7 Å². The number of anilines is 1. The summed E-state index contributed by atoms with van der Waals surface area (Å²) < 4.78 is 0. The SMILES string of the molecule is CCC1(C(=O)Nc2cc(C)ccc2Cl)CCNC1. The number of amides is 1. The van der Waals surface area contributed by atoms with Gasteiger partial charge in [-0.3, -0.25) is 4.79 Å². The summed E-state index contributed by atoms with van der Waals surface area (Å²) in [4.78, 5) is 12.4. The summed E-state index contributed by atoms with van der Waals surface area (Å²) in [6.45, 7) is 5.70. The average Bonchev–Trinajstić information content (AvgIpc) is 2.84. The number of hydrogen-bond donors (Lipinski definition) is 2. The fraction of sp³-hybridized carbons (Fsp3) is 0.500. The topological polar surface area (TPSA) is 41.1 Å². The zero-order valence-corrected chi connectivity index (χ0v) is 11.6. The molecule has 0 radical (unpaired) electrons. The van der Waals surface area contributed by atoms with E-state index in [1.807, 2.05) is 25.1 Å². The summed E-state index contributed by atoms with van der Waals surface area (Å²) in [6.07, 6.45) is 1.73. The van der Waals surface area contributed by atoms with Crippen LogP contribution in [0.4, 0.5) is 5.69 Å². The van der Waals surface area contributed by atoms with E-state index in [1.165, 1.54) is 0 Å².